The number of tetrazole rings is 1. The number of nitrogens with one attached hydrogen (secondary N) is 1. The van der Waals surface area contributed by atoms with Crippen molar-refractivity contribution in [2.45, 2.75) is 65.2 Å². The predicted molar refractivity (Wildman–Crippen MR) is 143 cm³/mol. The molecule has 0 saturated heterocycles. The van der Waals surface area contributed by atoms with E-state index in [-0.39, 0.29) is 23.9 Å². The molecule has 2 aromatic carbocycles. The summed E-state index contributed by atoms with van der Waals surface area (Å²) in [7, 11) is 1.66. The molecule has 5 rings (SSSR count). The van der Waals surface area contributed by atoms with E-state index in [4.69, 9.17) is 14.2 Å². The van der Waals surface area contributed by atoms with Gasteiger partial charge in [0.25, 0.3) is 5.56 Å². The van der Waals surface area contributed by atoms with Crippen molar-refractivity contribution in [1.82, 2.24) is 30.1 Å². The van der Waals surface area contributed by atoms with Gasteiger partial charge in [-0.25, -0.2) is 4.68 Å². The molecule has 1 atom stereocenters. The lowest BCUT2D eigenvalue weighted by atomic mass is 10.0. The Morgan fingerprint density at radius 2 is 1.84 bits per heavy atom. The third kappa shape index (κ3) is 4.96. The van der Waals surface area contributed by atoms with Gasteiger partial charge in [-0.1, -0.05) is 26.0 Å². The molecule has 3 heterocycles. The lowest BCUT2D eigenvalue weighted by molar-refractivity contribution is 0.150. The maximum atomic E-state index is 13.3. The second kappa shape index (κ2) is 10.4. The molecule has 0 amide bonds. The number of fused-ring (bicyclic) bond motifs is 2. The van der Waals surface area contributed by atoms with E-state index >= 15 is 0 Å². The zero-order valence-corrected chi connectivity index (χ0v) is 22.5. The zero-order valence-electron chi connectivity index (χ0n) is 22.5. The van der Waals surface area contributed by atoms with E-state index in [1.807, 2.05) is 47.1 Å². The number of H-pyrrole nitrogens is 1. The number of benzene rings is 2. The Hall–Kier alpha value is -3.92. The summed E-state index contributed by atoms with van der Waals surface area (Å²) in [6.07, 6.45) is 1.64. The van der Waals surface area contributed by atoms with Gasteiger partial charge in [0.1, 0.15) is 5.75 Å². The lowest BCUT2D eigenvalue weighted by Crippen LogP contribution is -2.36. The Kier molecular flexibility index (Phi) is 7.07. The first-order chi connectivity index (χ1) is 18.3. The van der Waals surface area contributed by atoms with Gasteiger partial charge in [0, 0.05) is 30.1 Å². The Morgan fingerprint density at radius 1 is 1.11 bits per heavy atom. The number of nitrogens with zero attached hydrogens (tertiary/aromatic N) is 5. The Balaban J connectivity index is 1.55. The minimum Gasteiger partial charge on any atom is -0.497 e. The predicted octanol–water partition coefficient (Wildman–Crippen LogP) is 4.55. The summed E-state index contributed by atoms with van der Waals surface area (Å²) in [5.41, 5.74) is 2.07. The summed E-state index contributed by atoms with van der Waals surface area (Å²) in [4.78, 5) is 18.6. The largest absolute Gasteiger partial charge is 0.497 e. The van der Waals surface area contributed by atoms with E-state index in [0.717, 1.165) is 35.4 Å². The molecule has 200 valence electrons. The number of aromatic amines is 1. The fraction of sp³-hybridized carbons (Fsp3) is 0.429. The van der Waals surface area contributed by atoms with Crippen molar-refractivity contribution < 1.29 is 14.2 Å². The molecular weight excluding hydrogens is 484 g/mol. The topological polar surface area (TPSA) is 107 Å². The van der Waals surface area contributed by atoms with Crippen molar-refractivity contribution in [3.63, 3.8) is 0 Å². The molecule has 38 heavy (non-hydrogen) atoms. The van der Waals surface area contributed by atoms with Crippen LogP contribution in [0.15, 0.2) is 47.3 Å². The summed E-state index contributed by atoms with van der Waals surface area (Å²) in [6.45, 7) is 9.69. The van der Waals surface area contributed by atoms with Gasteiger partial charge < -0.3 is 19.2 Å². The number of aromatic nitrogens is 5. The highest BCUT2D eigenvalue weighted by atomic mass is 16.7. The monoisotopic (exact) mass is 518 g/mol. The van der Waals surface area contributed by atoms with Crippen LogP contribution in [0.4, 0.5) is 0 Å². The molecule has 0 radical (unpaired) electrons. The fourth-order valence-electron chi connectivity index (χ4n) is 4.81. The summed E-state index contributed by atoms with van der Waals surface area (Å²) in [6, 6.07) is 13.5. The summed E-state index contributed by atoms with van der Waals surface area (Å²) in [5, 5.41) is 13.8. The van der Waals surface area contributed by atoms with Crippen LogP contribution < -0.4 is 19.8 Å². The van der Waals surface area contributed by atoms with Crippen LogP contribution in [-0.4, -0.2) is 44.0 Å². The average molecular weight is 519 g/mol. The summed E-state index contributed by atoms with van der Waals surface area (Å²) < 4.78 is 18.3. The second-order valence-electron chi connectivity index (χ2n) is 10.2. The highest BCUT2D eigenvalue weighted by Crippen LogP contribution is 2.36. The molecule has 0 fully saturated rings. The standard InChI is InChI=1S/C28H34N6O4/c1-6-23(26-30-31-32-34(26)28(3,4)7-2)33(15-18-8-10-21(36-5)11-9-18)16-20-12-19-13-24-25(38-17-37-24)14-22(19)29-27(20)35/h8-14,23H,6-7,15-17H2,1-5H3,(H,29,35)/t23-/m1/s1. The van der Waals surface area contributed by atoms with E-state index in [9.17, 15) is 4.79 Å². The molecule has 0 aliphatic carbocycles. The number of methoxy groups -OCH3 is 1. The van der Waals surface area contributed by atoms with Gasteiger partial charge in [0.2, 0.25) is 6.79 Å². The third-order valence-corrected chi connectivity index (χ3v) is 7.39. The first-order valence-corrected chi connectivity index (χ1v) is 12.9. The van der Waals surface area contributed by atoms with Crippen LogP contribution in [0, 0.1) is 0 Å². The molecule has 0 unspecified atom stereocenters. The number of hydrogen-bond acceptors (Lipinski definition) is 8. The van der Waals surface area contributed by atoms with E-state index in [0.29, 0.717) is 35.7 Å². The molecule has 0 saturated carbocycles. The third-order valence-electron chi connectivity index (χ3n) is 7.39. The van der Waals surface area contributed by atoms with Crippen molar-refractivity contribution in [1.29, 1.82) is 0 Å². The molecule has 1 aliphatic heterocycles. The molecule has 2 aromatic heterocycles. The van der Waals surface area contributed by atoms with Crippen molar-refractivity contribution in [2.24, 2.45) is 0 Å². The maximum absolute atomic E-state index is 13.3. The quantitative estimate of drug-likeness (QED) is 0.326. The lowest BCUT2D eigenvalue weighted by Gasteiger charge is -2.33. The maximum Gasteiger partial charge on any atom is 0.252 e. The Bertz CT molecular complexity index is 1480. The second-order valence-corrected chi connectivity index (χ2v) is 10.2. The van der Waals surface area contributed by atoms with Gasteiger partial charge >= 0.3 is 0 Å². The van der Waals surface area contributed by atoms with E-state index < -0.39 is 0 Å². The minimum atomic E-state index is -0.249. The Labute approximate surface area is 221 Å². The zero-order chi connectivity index (χ0) is 26.9. The molecule has 1 N–H and O–H groups in total. The van der Waals surface area contributed by atoms with E-state index in [1.54, 1.807) is 7.11 Å². The molecule has 0 spiro atoms. The number of pyridine rings is 1. The molecule has 1 aliphatic rings. The van der Waals surface area contributed by atoms with Gasteiger partial charge in [-0.3, -0.25) is 9.69 Å². The number of rotatable bonds is 10. The Morgan fingerprint density at radius 3 is 2.53 bits per heavy atom. The summed E-state index contributed by atoms with van der Waals surface area (Å²) >= 11 is 0. The van der Waals surface area contributed by atoms with Gasteiger partial charge in [-0.2, -0.15) is 0 Å². The van der Waals surface area contributed by atoms with Crippen LogP contribution in [0.3, 0.4) is 0 Å². The normalized spacial score (nSPS) is 13.8. The van der Waals surface area contributed by atoms with E-state index in [1.165, 1.54) is 0 Å². The average Bonchev–Trinajstić information content (AvgIpc) is 3.59. The van der Waals surface area contributed by atoms with Crippen molar-refractivity contribution >= 4 is 10.9 Å². The van der Waals surface area contributed by atoms with Crippen molar-refractivity contribution in [3.05, 3.63) is 69.8 Å². The van der Waals surface area contributed by atoms with Crippen LogP contribution in [0.25, 0.3) is 10.9 Å². The molecule has 4 aromatic rings. The van der Waals surface area contributed by atoms with Gasteiger partial charge in [-0.15, -0.1) is 5.10 Å². The first-order valence-electron chi connectivity index (χ1n) is 12.9. The van der Waals surface area contributed by atoms with Crippen molar-refractivity contribution in [2.75, 3.05) is 13.9 Å². The van der Waals surface area contributed by atoms with Crippen LogP contribution in [0.5, 0.6) is 17.2 Å². The van der Waals surface area contributed by atoms with Gasteiger partial charge in [-0.05, 0) is 66.9 Å². The van der Waals surface area contributed by atoms with Crippen LogP contribution in [0.1, 0.15) is 63.5 Å². The number of ether oxygens (including phenoxy) is 3. The van der Waals surface area contributed by atoms with Crippen LogP contribution in [0.2, 0.25) is 0 Å². The van der Waals surface area contributed by atoms with Crippen molar-refractivity contribution in [3.8, 4) is 17.2 Å². The van der Waals surface area contributed by atoms with Crippen LogP contribution >= 0.6 is 0 Å². The van der Waals surface area contributed by atoms with Gasteiger partial charge in [0.15, 0.2) is 17.3 Å². The highest BCUT2D eigenvalue weighted by molar-refractivity contribution is 5.83. The smallest absolute Gasteiger partial charge is 0.252 e. The molecule has 10 heteroatoms. The van der Waals surface area contributed by atoms with Gasteiger partial charge in [0.05, 0.1) is 24.2 Å². The van der Waals surface area contributed by atoms with Crippen LogP contribution in [-0.2, 0) is 18.6 Å². The molecular formula is C28H34N6O4. The highest BCUT2D eigenvalue weighted by Gasteiger charge is 2.31. The molecule has 10 nitrogen and oxygen atoms in total. The SMILES string of the molecule is CC[C@H](c1nnnn1C(C)(C)CC)N(Cc1ccc(OC)cc1)Cc1cc2cc3c(cc2[nH]c1=O)OCO3. The first kappa shape index (κ1) is 25.7. The van der Waals surface area contributed by atoms with E-state index in [2.05, 4.69) is 53.1 Å². The number of hydrogen-bond donors (Lipinski definition) is 1. The minimum absolute atomic E-state index is 0.121. The molecule has 0 bridgehead atoms. The summed E-state index contributed by atoms with van der Waals surface area (Å²) in [5.74, 6) is 2.90. The fourth-order valence-corrected chi connectivity index (χ4v) is 4.81.